The molecule has 0 spiro atoms. The van der Waals surface area contributed by atoms with Crippen molar-refractivity contribution in [1.82, 2.24) is 14.5 Å². The smallest absolute Gasteiger partial charge is 0.246 e. The normalized spacial score (nSPS) is 15.9. The summed E-state index contributed by atoms with van der Waals surface area (Å²) in [7, 11) is -4.17. The van der Waals surface area contributed by atoms with Crippen LogP contribution < -0.4 is 5.32 Å². The van der Waals surface area contributed by atoms with Gasteiger partial charge in [0.15, 0.2) is 0 Å². The van der Waals surface area contributed by atoms with Gasteiger partial charge in [0.1, 0.15) is 16.5 Å². The number of nitrogens with zero attached hydrogens (tertiary/aromatic N) is 2. The maximum absolute atomic E-state index is 13.8. The minimum Gasteiger partial charge on any atom is -0.356 e. The van der Waals surface area contributed by atoms with Crippen molar-refractivity contribution in [3.8, 4) is 0 Å². The summed E-state index contributed by atoms with van der Waals surface area (Å²) in [6.07, 6.45) is 0.116. The number of carbonyl (C=O) groups is 2. The van der Waals surface area contributed by atoms with E-state index in [0.717, 1.165) is 16.4 Å². The van der Waals surface area contributed by atoms with E-state index < -0.39 is 26.6 Å². The quantitative estimate of drug-likeness (QED) is 0.803. The van der Waals surface area contributed by atoms with Gasteiger partial charge in [-0.2, -0.15) is 4.31 Å². The first-order valence-electron chi connectivity index (χ1n) is 7.69. The number of hydrogen-bond donors (Lipinski definition) is 1. The fourth-order valence-corrected chi connectivity index (χ4v) is 3.99. The lowest BCUT2D eigenvalue weighted by molar-refractivity contribution is -0.132. The highest BCUT2D eigenvalue weighted by Crippen LogP contribution is 2.21. The van der Waals surface area contributed by atoms with Crippen LogP contribution in [0.25, 0.3) is 0 Å². The number of nitrogens with one attached hydrogen (secondary N) is 1. The van der Waals surface area contributed by atoms with Crippen LogP contribution in [0.5, 0.6) is 0 Å². The molecule has 2 amide bonds. The standard InChI is InChI=1S/C15H19F2N3O4S/c1-11(21)18-5-4-15(22)19-6-8-20(9-7-19)25(23,24)14-10-12(16)2-3-13(14)17/h2-3,10H,4-9H2,1H3,(H,18,21). The summed E-state index contributed by atoms with van der Waals surface area (Å²) in [5.41, 5.74) is 0. The number of piperazine rings is 1. The van der Waals surface area contributed by atoms with Crippen molar-refractivity contribution in [2.24, 2.45) is 0 Å². The number of halogens is 2. The fourth-order valence-electron chi connectivity index (χ4n) is 2.50. The molecule has 0 aliphatic carbocycles. The lowest BCUT2D eigenvalue weighted by Gasteiger charge is -2.34. The number of sulfonamides is 1. The molecule has 0 unspecified atom stereocenters. The van der Waals surface area contributed by atoms with E-state index >= 15 is 0 Å². The van der Waals surface area contributed by atoms with Crippen LogP contribution in [0.4, 0.5) is 8.78 Å². The molecule has 1 aliphatic rings. The minimum atomic E-state index is -4.17. The zero-order valence-corrected chi connectivity index (χ0v) is 14.5. The molecular weight excluding hydrogens is 356 g/mol. The van der Waals surface area contributed by atoms with Crippen LogP contribution >= 0.6 is 0 Å². The van der Waals surface area contributed by atoms with E-state index in [4.69, 9.17) is 0 Å². The van der Waals surface area contributed by atoms with Gasteiger partial charge in [0.05, 0.1) is 0 Å². The van der Waals surface area contributed by atoms with E-state index in [1.165, 1.54) is 11.8 Å². The van der Waals surface area contributed by atoms with Crippen molar-refractivity contribution < 1.29 is 26.8 Å². The predicted octanol–water partition coefficient (Wildman–Crippen LogP) is 0.324. The number of benzene rings is 1. The number of carbonyl (C=O) groups excluding carboxylic acids is 2. The topological polar surface area (TPSA) is 86.8 Å². The van der Waals surface area contributed by atoms with Gasteiger partial charge in [-0.3, -0.25) is 9.59 Å². The summed E-state index contributed by atoms with van der Waals surface area (Å²) >= 11 is 0. The lowest BCUT2D eigenvalue weighted by Crippen LogP contribution is -2.51. The molecule has 1 aromatic carbocycles. The van der Waals surface area contributed by atoms with Gasteiger partial charge in [0.2, 0.25) is 21.8 Å². The van der Waals surface area contributed by atoms with Gasteiger partial charge in [-0.1, -0.05) is 0 Å². The largest absolute Gasteiger partial charge is 0.356 e. The molecule has 1 fully saturated rings. The maximum Gasteiger partial charge on any atom is 0.246 e. The van der Waals surface area contributed by atoms with Crippen molar-refractivity contribution in [3.05, 3.63) is 29.8 Å². The third kappa shape index (κ3) is 4.73. The van der Waals surface area contributed by atoms with Crippen molar-refractivity contribution >= 4 is 21.8 Å². The lowest BCUT2D eigenvalue weighted by atomic mass is 10.3. The highest BCUT2D eigenvalue weighted by atomic mass is 32.2. The molecule has 1 heterocycles. The van der Waals surface area contributed by atoms with Gasteiger partial charge >= 0.3 is 0 Å². The Morgan fingerprint density at radius 2 is 1.80 bits per heavy atom. The van der Waals surface area contributed by atoms with E-state index in [1.807, 2.05) is 0 Å². The molecule has 25 heavy (non-hydrogen) atoms. The first-order chi connectivity index (χ1) is 11.7. The average Bonchev–Trinajstić information content (AvgIpc) is 2.56. The maximum atomic E-state index is 13.8. The van der Waals surface area contributed by atoms with Crippen LogP contribution in [0, 0.1) is 11.6 Å². The summed E-state index contributed by atoms with van der Waals surface area (Å²) < 4.78 is 52.9. The van der Waals surface area contributed by atoms with Crippen molar-refractivity contribution in [3.63, 3.8) is 0 Å². The number of amides is 2. The van der Waals surface area contributed by atoms with Gasteiger partial charge in [0.25, 0.3) is 0 Å². The Balaban J connectivity index is 1.98. The van der Waals surface area contributed by atoms with Crippen molar-refractivity contribution in [1.29, 1.82) is 0 Å². The van der Waals surface area contributed by atoms with Crippen molar-refractivity contribution in [2.45, 2.75) is 18.2 Å². The third-order valence-electron chi connectivity index (χ3n) is 3.82. The third-order valence-corrected chi connectivity index (χ3v) is 5.73. The zero-order chi connectivity index (χ0) is 18.6. The van der Waals surface area contributed by atoms with Crippen molar-refractivity contribution in [2.75, 3.05) is 32.7 Å². The van der Waals surface area contributed by atoms with E-state index in [2.05, 4.69) is 5.32 Å². The van der Waals surface area contributed by atoms with Crippen LogP contribution in [0.3, 0.4) is 0 Å². The fraction of sp³-hybridized carbons (Fsp3) is 0.467. The molecule has 0 bridgehead atoms. The molecule has 10 heteroatoms. The first kappa shape index (κ1) is 19.3. The Morgan fingerprint density at radius 3 is 2.40 bits per heavy atom. The highest BCUT2D eigenvalue weighted by molar-refractivity contribution is 7.89. The van der Waals surface area contributed by atoms with Gasteiger partial charge in [-0.15, -0.1) is 0 Å². The van der Waals surface area contributed by atoms with Crippen LogP contribution in [0.15, 0.2) is 23.1 Å². The molecule has 0 atom stereocenters. The van der Waals surface area contributed by atoms with E-state index in [0.29, 0.717) is 6.07 Å². The molecule has 0 aromatic heterocycles. The summed E-state index contributed by atoms with van der Waals surface area (Å²) in [6, 6.07) is 2.26. The summed E-state index contributed by atoms with van der Waals surface area (Å²) in [6.45, 7) is 1.83. The molecule has 1 aromatic rings. The molecule has 0 radical (unpaired) electrons. The van der Waals surface area contributed by atoms with Gasteiger partial charge in [0, 0.05) is 46.1 Å². The highest BCUT2D eigenvalue weighted by Gasteiger charge is 2.32. The Kier molecular flexibility index (Phi) is 6.07. The molecule has 1 saturated heterocycles. The van der Waals surface area contributed by atoms with Gasteiger partial charge in [-0.25, -0.2) is 17.2 Å². The van der Waals surface area contributed by atoms with Crippen LogP contribution in [-0.2, 0) is 19.6 Å². The van der Waals surface area contributed by atoms with Crippen LogP contribution in [0.1, 0.15) is 13.3 Å². The summed E-state index contributed by atoms with van der Waals surface area (Å²) in [5, 5.41) is 2.51. The second kappa shape index (κ2) is 7.87. The van der Waals surface area contributed by atoms with E-state index in [1.54, 1.807) is 0 Å². The van der Waals surface area contributed by atoms with Gasteiger partial charge in [-0.05, 0) is 18.2 Å². The second-order valence-electron chi connectivity index (χ2n) is 5.59. The Hall–Kier alpha value is -2.07. The molecular formula is C15H19F2N3O4S. The Morgan fingerprint density at radius 1 is 1.16 bits per heavy atom. The Labute approximate surface area is 144 Å². The molecule has 0 saturated carbocycles. The Bertz CT molecular complexity index is 762. The monoisotopic (exact) mass is 375 g/mol. The molecule has 1 aliphatic heterocycles. The van der Waals surface area contributed by atoms with E-state index in [9.17, 15) is 26.8 Å². The first-order valence-corrected chi connectivity index (χ1v) is 9.13. The van der Waals surface area contributed by atoms with Crippen LogP contribution in [0.2, 0.25) is 0 Å². The number of rotatable bonds is 5. The van der Waals surface area contributed by atoms with Crippen LogP contribution in [-0.4, -0.2) is 62.2 Å². The number of hydrogen-bond acceptors (Lipinski definition) is 4. The minimum absolute atomic E-state index is 0.00976. The zero-order valence-electron chi connectivity index (χ0n) is 13.7. The van der Waals surface area contributed by atoms with E-state index in [-0.39, 0.29) is 51.0 Å². The SMILES string of the molecule is CC(=O)NCCC(=O)N1CCN(S(=O)(=O)c2cc(F)ccc2F)CC1. The summed E-state index contributed by atoms with van der Waals surface area (Å²) in [5.74, 6) is -2.30. The summed E-state index contributed by atoms with van der Waals surface area (Å²) in [4.78, 5) is 23.5. The molecule has 2 rings (SSSR count). The molecule has 138 valence electrons. The predicted molar refractivity (Wildman–Crippen MR) is 85.0 cm³/mol. The molecule has 7 nitrogen and oxygen atoms in total. The molecule has 1 N–H and O–H groups in total. The average molecular weight is 375 g/mol. The van der Waals surface area contributed by atoms with Gasteiger partial charge < -0.3 is 10.2 Å². The second-order valence-corrected chi connectivity index (χ2v) is 7.50.